The Kier molecular flexibility index (Phi) is 8.02. The number of nitrogens with one attached hydrogen (secondary N) is 1. The highest BCUT2D eigenvalue weighted by Gasteiger charge is 2.05. The first-order chi connectivity index (χ1) is 9.31. The molecule has 0 aliphatic rings. The lowest BCUT2D eigenvalue weighted by molar-refractivity contribution is 0.0995. The predicted molar refractivity (Wildman–Crippen MR) is 77.0 cm³/mol. The SMILES string of the molecule is CCCOCCOc1cc(CNCC)ccc1OC. The fourth-order valence-corrected chi connectivity index (χ4v) is 1.67. The van der Waals surface area contributed by atoms with Gasteiger partial charge in [0.15, 0.2) is 11.5 Å². The van der Waals surface area contributed by atoms with Gasteiger partial charge in [-0.15, -0.1) is 0 Å². The smallest absolute Gasteiger partial charge is 0.161 e. The second-order valence-electron chi connectivity index (χ2n) is 4.23. The fourth-order valence-electron chi connectivity index (χ4n) is 1.67. The summed E-state index contributed by atoms with van der Waals surface area (Å²) >= 11 is 0. The molecule has 1 aromatic carbocycles. The summed E-state index contributed by atoms with van der Waals surface area (Å²) in [6.45, 7) is 7.90. The van der Waals surface area contributed by atoms with Crippen LogP contribution in [0.25, 0.3) is 0 Å². The van der Waals surface area contributed by atoms with E-state index in [2.05, 4.69) is 19.2 Å². The van der Waals surface area contributed by atoms with Gasteiger partial charge in [0.25, 0.3) is 0 Å². The zero-order chi connectivity index (χ0) is 13.9. The molecule has 0 atom stereocenters. The Morgan fingerprint density at radius 2 is 1.89 bits per heavy atom. The molecule has 0 radical (unpaired) electrons. The summed E-state index contributed by atoms with van der Waals surface area (Å²) < 4.78 is 16.4. The number of hydrogen-bond donors (Lipinski definition) is 1. The monoisotopic (exact) mass is 267 g/mol. The van der Waals surface area contributed by atoms with Crippen molar-refractivity contribution >= 4 is 0 Å². The standard InChI is InChI=1S/C15H25NO3/c1-4-8-18-9-10-19-15-11-13(12-16-5-2)6-7-14(15)17-3/h6-7,11,16H,4-5,8-10,12H2,1-3H3. The van der Waals surface area contributed by atoms with Gasteiger partial charge in [0.2, 0.25) is 0 Å². The topological polar surface area (TPSA) is 39.7 Å². The van der Waals surface area contributed by atoms with Crippen molar-refractivity contribution in [1.82, 2.24) is 5.32 Å². The summed E-state index contributed by atoms with van der Waals surface area (Å²) in [5.74, 6) is 1.54. The van der Waals surface area contributed by atoms with E-state index in [-0.39, 0.29) is 0 Å². The van der Waals surface area contributed by atoms with E-state index in [1.807, 2.05) is 18.2 Å². The van der Waals surface area contributed by atoms with Crippen LogP contribution in [0.4, 0.5) is 0 Å². The van der Waals surface area contributed by atoms with E-state index >= 15 is 0 Å². The van der Waals surface area contributed by atoms with Gasteiger partial charge in [0.1, 0.15) is 6.61 Å². The fraction of sp³-hybridized carbons (Fsp3) is 0.600. The van der Waals surface area contributed by atoms with Crippen LogP contribution in [0.3, 0.4) is 0 Å². The molecule has 0 aromatic heterocycles. The van der Waals surface area contributed by atoms with Crippen molar-refractivity contribution in [2.75, 3.05) is 33.5 Å². The van der Waals surface area contributed by atoms with Crippen molar-refractivity contribution in [3.63, 3.8) is 0 Å². The highest BCUT2D eigenvalue weighted by molar-refractivity contribution is 5.42. The first-order valence-corrected chi connectivity index (χ1v) is 6.90. The normalized spacial score (nSPS) is 10.5. The van der Waals surface area contributed by atoms with Crippen LogP contribution in [0.5, 0.6) is 11.5 Å². The maximum Gasteiger partial charge on any atom is 0.161 e. The molecule has 4 nitrogen and oxygen atoms in total. The molecule has 108 valence electrons. The van der Waals surface area contributed by atoms with Gasteiger partial charge in [-0.2, -0.15) is 0 Å². The molecule has 0 aliphatic carbocycles. The molecule has 1 N–H and O–H groups in total. The van der Waals surface area contributed by atoms with E-state index in [0.29, 0.717) is 13.2 Å². The Hall–Kier alpha value is -1.26. The molecule has 4 heteroatoms. The molecule has 0 bridgehead atoms. The largest absolute Gasteiger partial charge is 0.493 e. The Bertz CT molecular complexity index is 355. The Morgan fingerprint density at radius 3 is 2.58 bits per heavy atom. The summed E-state index contributed by atoms with van der Waals surface area (Å²) in [5.41, 5.74) is 1.19. The second-order valence-corrected chi connectivity index (χ2v) is 4.23. The van der Waals surface area contributed by atoms with Gasteiger partial charge >= 0.3 is 0 Å². The zero-order valence-corrected chi connectivity index (χ0v) is 12.2. The van der Waals surface area contributed by atoms with E-state index in [0.717, 1.165) is 37.6 Å². The van der Waals surface area contributed by atoms with E-state index in [1.165, 1.54) is 5.56 Å². The molecule has 0 saturated heterocycles. The van der Waals surface area contributed by atoms with Gasteiger partial charge in [-0.25, -0.2) is 0 Å². The molecular formula is C15H25NO3. The number of hydrogen-bond acceptors (Lipinski definition) is 4. The maximum absolute atomic E-state index is 5.72. The summed E-state index contributed by atoms with van der Waals surface area (Å²) in [4.78, 5) is 0. The van der Waals surface area contributed by atoms with Gasteiger partial charge in [0, 0.05) is 13.2 Å². The predicted octanol–water partition coefficient (Wildman–Crippen LogP) is 2.61. The van der Waals surface area contributed by atoms with E-state index in [4.69, 9.17) is 14.2 Å². The van der Waals surface area contributed by atoms with Crippen molar-refractivity contribution in [1.29, 1.82) is 0 Å². The zero-order valence-electron chi connectivity index (χ0n) is 12.2. The van der Waals surface area contributed by atoms with Crippen LogP contribution in [0.1, 0.15) is 25.8 Å². The van der Waals surface area contributed by atoms with Crippen molar-refractivity contribution in [2.45, 2.75) is 26.8 Å². The summed E-state index contributed by atoms with van der Waals surface area (Å²) in [5, 5.41) is 3.29. The molecule has 0 unspecified atom stereocenters. The molecule has 0 spiro atoms. The average Bonchev–Trinajstić information content (AvgIpc) is 2.45. The first kappa shape index (κ1) is 15.8. The lowest BCUT2D eigenvalue weighted by atomic mass is 10.2. The van der Waals surface area contributed by atoms with Gasteiger partial charge in [-0.05, 0) is 30.7 Å². The highest BCUT2D eigenvalue weighted by atomic mass is 16.5. The van der Waals surface area contributed by atoms with Gasteiger partial charge in [-0.1, -0.05) is 19.9 Å². The summed E-state index contributed by atoms with van der Waals surface area (Å²) in [6.07, 6.45) is 1.03. The number of methoxy groups -OCH3 is 1. The first-order valence-electron chi connectivity index (χ1n) is 6.90. The van der Waals surface area contributed by atoms with Crippen molar-refractivity contribution in [3.8, 4) is 11.5 Å². The van der Waals surface area contributed by atoms with Crippen LogP contribution >= 0.6 is 0 Å². The molecule has 0 aliphatic heterocycles. The minimum atomic E-state index is 0.543. The Morgan fingerprint density at radius 1 is 1.05 bits per heavy atom. The minimum absolute atomic E-state index is 0.543. The van der Waals surface area contributed by atoms with Gasteiger partial charge < -0.3 is 19.5 Å². The molecule has 1 rings (SSSR count). The molecule has 0 saturated carbocycles. The highest BCUT2D eigenvalue weighted by Crippen LogP contribution is 2.27. The third kappa shape index (κ3) is 5.94. The third-order valence-electron chi connectivity index (χ3n) is 2.64. The summed E-state index contributed by atoms with van der Waals surface area (Å²) in [6, 6.07) is 6.00. The van der Waals surface area contributed by atoms with E-state index in [9.17, 15) is 0 Å². The number of ether oxygens (including phenoxy) is 3. The molecular weight excluding hydrogens is 242 g/mol. The molecule has 0 amide bonds. The van der Waals surface area contributed by atoms with Crippen LogP contribution in [0.15, 0.2) is 18.2 Å². The Balaban J connectivity index is 2.52. The van der Waals surface area contributed by atoms with Crippen LogP contribution in [0.2, 0.25) is 0 Å². The van der Waals surface area contributed by atoms with Crippen molar-refractivity contribution in [2.24, 2.45) is 0 Å². The summed E-state index contributed by atoms with van der Waals surface area (Å²) in [7, 11) is 1.65. The van der Waals surface area contributed by atoms with E-state index < -0.39 is 0 Å². The lowest BCUT2D eigenvalue weighted by Gasteiger charge is -2.12. The minimum Gasteiger partial charge on any atom is -0.493 e. The van der Waals surface area contributed by atoms with Crippen molar-refractivity contribution in [3.05, 3.63) is 23.8 Å². The average molecular weight is 267 g/mol. The van der Waals surface area contributed by atoms with Crippen LogP contribution in [-0.2, 0) is 11.3 Å². The van der Waals surface area contributed by atoms with Gasteiger partial charge in [0.05, 0.1) is 13.7 Å². The quantitative estimate of drug-likeness (QED) is 0.661. The van der Waals surface area contributed by atoms with Gasteiger partial charge in [-0.3, -0.25) is 0 Å². The van der Waals surface area contributed by atoms with Crippen molar-refractivity contribution < 1.29 is 14.2 Å². The molecule has 0 heterocycles. The van der Waals surface area contributed by atoms with E-state index in [1.54, 1.807) is 7.11 Å². The lowest BCUT2D eigenvalue weighted by Crippen LogP contribution is -2.12. The molecule has 0 fully saturated rings. The van der Waals surface area contributed by atoms with Crippen LogP contribution < -0.4 is 14.8 Å². The number of benzene rings is 1. The Labute approximate surface area is 116 Å². The van der Waals surface area contributed by atoms with Crippen LogP contribution in [-0.4, -0.2) is 33.5 Å². The third-order valence-corrected chi connectivity index (χ3v) is 2.64. The maximum atomic E-state index is 5.72. The second kappa shape index (κ2) is 9.64. The molecule has 19 heavy (non-hydrogen) atoms. The molecule has 1 aromatic rings. The number of rotatable bonds is 10. The van der Waals surface area contributed by atoms with Crippen LogP contribution in [0, 0.1) is 0 Å².